The molecule has 0 aliphatic carbocycles. The van der Waals surface area contributed by atoms with Gasteiger partial charge in [-0.25, -0.2) is 4.98 Å². The quantitative estimate of drug-likeness (QED) is 0.410. The Bertz CT molecular complexity index is 868. The van der Waals surface area contributed by atoms with Crippen molar-refractivity contribution in [2.24, 2.45) is 0 Å². The van der Waals surface area contributed by atoms with Crippen LogP contribution in [0.15, 0.2) is 55.1 Å². The number of nitrogens with zero attached hydrogens (tertiary/aromatic N) is 2. The monoisotopic (exact) mass is 428 g/mol. The molecule has 0 spiro atoms. The van der Waals surface area contributed by atoms with Gasteiger partial charge in [0.05, 0.1) is 29.1 Å². The summed E-state index contributed by atoms with van der Waals surface area (Å²) in [5, 5.41) is 2.21. The zero-order chi connectivity index (χ0) is 18.5. The van der Waals surface area contributed by atoms with E-state index in [0.29, 0.717) is 26.7 Å². The highest BCUT2D eigenvalue weighted by Crippen LogP contribution is 2.32. The number of imidazole rings is 1. The molecule has 7 heteroatoms. The summed E-state index contributed by atoms with van der Waals surface area (Å²) in [5.74, 6) is 0. The number of hydrogen-bond acceptors (Lipinski definition) is 2. The Balaban J connectivity index is 1.76. The van der Waals surface area contributed by atoms with Gasteiger partial charge in [-0.1, -0.05) is 58.5 Å². The van der Waals surface area contributed by atoms with Gasteiger partial charge in [0.2, 0.25) is 0 Å². The molecule has 0 aliphatic rings. The molecule has 3 rings (SSSR count). The first-order valence-electron chi connectivity index (χ1n) is 7.99. The molecule has 0 fully saturated rings. The van der Waals surface area contributed by atoms with Gasteiger partial charge in [0.25, 0.3) is 0 Å². The van der Waals surface area contributed by atoms with Crippen molar-refractivity contribution in [3.63, 3.8) is 0 Å². The van der Waals surface area contributed by atoms with Crippen LogP contribution in [0.4, 0.5) is 0 Å². The average molecular weight is 430 g/mol. The fourth-order valence-corrected chi connectivity index (χ4v) is 3.45. The lowest BCUT2D eigenvalue weighted by Crippen LogP contribution is -2.09. The van der Waals surface area contributed by atoms with Crippen molar-refractivity contribution in [3.05, 3.63) is 86.3 Å². The number of aryl methyl sites for hydroxylation is 1. The summed E-state index contributed by atoms with van der Waals surface area (Å²) >= 11 is 24.5. The molecule has 3 nitrogen and oxygen atoms in total. The highest BCUT2D eigenvalue weighted by Gasteiger charge is 2.16. The second kappa shape index (κ2) is 9.12. The minimum Gasteiger partial charge on any atom is -0.369 e. The van der Waals surface area contributed by atoms with Crippen LogP contribution in [-0.4, -0.2) is 9.55 Å². The zero-order valence-corrected chi connectivity index (χ0v) is 16.7. The zero-order valence-electron chi connectivity index (χ0n) is 13.7. The van der Waals surface area contributed by atoms with Crippen molar-refractivity contribution in [1.29, 1.82) is 0 Å². The molecule has 0 amide bonds. The molecule has 1 aromatic heterocycles. The van der Waals surface area contributed by atoms with Gasteiger partial charge in [0.15, 0.2) is 0 Å². The molecule has 1 heterocycles. The lowest BCUT2D eigenvalue weighted by atomic mass is 10.1. The topological polar surface area (TPSA) is 27.1 Å². The van der Waals surface area contributed by atoms with Gasteiger partial charge < -0.3 is 9.30 Å². The van der Waals surface area contributed by atoms with Gasteiger partial charge in [-0.3, -0.25) is 0 Å². The van der Waals surface area contributed by atoms with Crippen LogP contribution in [0.5, 0.6) is 0 Å². The van der Waals surface area contributed by atoms with E-state index in [1.807, 2.05) is 29.0 Å². The molecule has 2 aromatic carbocycles. The van der Waals surface area contributed by atoms with Gasteiger partial charge in [-0.05, 0) is 41.8 Å². The fraction of sp³-hybridized carbons (Fsp3) is 0.211. The van der Waals surface area contributed by atoms with Gasteiger partial charge >= 0.3 is 0 Å². The van der Waals surface area contributed by atoms with E-state index in [0.717, 1.165) is 24.1 Å². The minimum atomic E-state index is -0.198. The fourth-order valence-electron chi connectivity index (χ4n) is 2.60. The molecule has 0 bridgehead atoms. The Morgan fingerprint density at radius 2 is 1.81 bits per heavy atom. The molecule has 0 radical (unpaired) electrons. The third-order valence-corrected chi connectivity index (χ3v) is 5.25. The Kier molecular flexibility index (Phi) is 6.85. The molecule has 3 aromatic rings. The highest BCUT2D eigenvalue weighted by atomic mass is 35.5. The first kappa shape index (κ1) is 19.5. The molecule has 1 unspecified atom stereocenters. The van der Waals surface area contributed by atoms with Crippen LogP contribution >= 0.6 is 46.4 Å². The minimum absolute atomic E-state index is 0.198. The first-order chi connectivity index (χ1) is 12.5. The number of halogens is 4. The number of rotatable bonds is 7. The maximum Gasteiger partial charge on any atom is 0.0945 e. The summed E-state index contributed by atoms with van der Waals surface area (Å²) in [5.41, 5.74) is 1.84. The van der Waals surface area contributed by atoms with E-state index < -0.39 is 0 Å². The largest absolute Gasteiger partial charge is 0.369 e. The van der Waals surface area contributed by atoms with Crippen molar-refractivity contribution >= 4 is 46.4 Å². The van der Waals surface area contributed by atoms with Crippen molar-refractivity contribution in [1.82, 2.24) is 9.55 Å². The van der Waals surface area contributed by atoms with E-state index >= 15 is 0 Å². The van der Waals surface area contributed by atoms with Gasteiger partial charge in [-0.15, -0.1) is 0 Å². The predicted octanol–water partition coefficient (Wildman–Crippen LogP) is 6.84. The first-order valence-corrected chi connectivity index (χ1v) is 9.50. The maximum atomic E-state index is 6.39. The van der Waals surface area contributed by atoms with Crippen LogP contribution in [0.2, 0.25) is 20.1 Å². The lowest BCUT2D eigenvalue weighted by Gasteiger charge is -2.20. The maximum absolute atomic E-state index is 6.39. The number of hydrogen-bond donors (Lipinski definition) is 0. The normalized spacial score (nSPS) is 12.3. The SMILES string of the molecule is Clc1ccc(C(CCn2ccnc2)OCc2ccc(Cl)c(Cl)c2)c(Cl)c1. The standard InChI is InChI=1S/C19H16Cl4N2O/c20-14-2-3-15(17(22)10-14)19(5-7-25-8-6-24-12-25)26-11-13-1-4-16(21)18(23)9-13/h1-4,6,8-10,12,19H,5,7,11H2. The number of benzene rings is 2. The summed E-state index contributed by atoms with van der Waals surface area (Å²) in [7, 11) is 0. The second-order valence-electron chi connectivity index (χ2n) is 5.80. The third-order valence-electron chi connectivity index (χ3n) is 3.95. The lowest BCUT2D eigenvalue weighted by molar-refractivity contribution is 0.0311. The summed E-state index contributed by atoms with van der Waals surface area (Å²) in [6.45, 7) is 1.15. The van der Waals surface area contributed by atoms with E-state index in [2.05, 4.69) is 4.98 Å². The van der Waals surface area contributed by atoms with Gasteiger partial charge in [-0.2, -0.15) is 0 Å². The smallest absolute Gasteiger partial charge is 0.0945 e. The van der Waals surface area contributed by atoms with E-state index in [9.17, 15) is 0 Å². The molecule has 26 heavy (non-hydrogen) atoms. The average Bonchev–Trinajstić information content (AvgIpc) is 3.12. The van der Waals surface area contributed by atoms with Gasteiger partial charge in [0.1, 0.15) is 0 Å². The Morgan fingerprint density at radius 1 is 0.962 bits per heavy atom. The molecule has 136 valence electrons. The molecular weight excluding hydrogens is 414 g/mol. The van der Waals surface area contributed by atoms with E-state index in [4.69, 9.17) is 51.1 Å². The second-order valence-corrected chi connectivity index (χ2v) is 7.46. The van der Waals surface area contributed by atoms with Crippen LogP contribution in [0.1, 0.15) is 23.7 Å². The van der Waals surface area contributed by atoms with Crippen LogP contribution in [-0.2, 0) is 17.9 Å². The van der Waals surface area contributed by atoms with Crippen molar-refractivity contribution in [3.8, 4) is 0 Å². The molecule has 0 saturated carbocycles. The molecular formula is C19H16Cl4N2O. The van der Waals surface area contributed by atoms with Crippen LogP contribution in [0.25, 0.3) is 0 Å². The Hall–Kier alpha value is -1.23. The predicted molar refractivity (Wildman–Crippen MR) is 107 cm³/mol. The third kappa shape index (κ3) is 5.15. The summed E-state index contributed by atoms with van der Waals surface area (Å²) < 4.78 is 8.16. The summed E-state index contributed by atoms with van der Waals surface area (Å²) in [4.78, 5) is 4.07. The number of ether oxygens (including phenoxy) is 1. The van der Waals surface area contributed by atoms with E-state index in [-0.39, 0.29) is 6.10 Å². The molecule has 0 aliphatic heterocycles. The van der Waals surface area contributed by atoms with E-state index in [1.54, 1.807) is 30.7 Å². The molecule has 0 N–H and O–H groups in total. The van der Waals surface area contributed by atoms with Crippen molar-refractivity contribution < 1.29 is 4.74 Å². The van der Waals surface area contributed by atoms with Crippen LogP contribution in [0.3, 0.4) is 0 Å². The Morgan fingerprint density at radius 3 is 2.50 bits per heavy atom. The Labute approximate surface area is 172 Å². The van der Waals surface area contributed by atoms with Crippen LogP contribution in [0, 0.1) is 0 Å². The number of aromatic nitrogens is 2. The summed E-state index contributed by atoms with van der Waals surface area (Å²) in [6, 6.07) is 10.9. The van der Waals surface area contributed by atoms with Crippen LogP contribution < -0.4 is 0 Å². The molecule has 1 atom stereocenters. The molecule has 0 saturated heterocycles. The van der Waals surface area contributed by atoms with Gasteiger partial charge in [0, 0.05) is 29.0 Å². The highest BCUT2D eigenvalue weighted by molar-refractivity contribution is 6.42. The summed E-state index contributed by atoms with van der Waals surface area (Å²) in [6.07, 6.45) is 5.98. The van der Waals surface area contributed by atoms with Crippen molar-refractivity contribution in [2.45, 2.75) is 25.7 Å². The van der Waals surface area contributed by atoms with Crippen molar-refractivity contribution in [2.75, 3.05) is 0 Å². The van der Waals surface area contributed by atoms with E-state index in [1.165, 1.54) is 0 Å².